The zero-order valence-electron chi connectivity index (χ0n) is 9.20. The highest BCUT2D eigenvalue weighted by Gasteiger charge is 2.23. The minimum Gasteiger partial charge on any atom is -0.383 e. The Hall–Kier alpha value is -1.21. The van der Waals surface area contributed by atoms with Crippen molar-refractivity contribution >= 4 is 21.7 Å². The molecule has 7 heteroatoms. The number of hydrogen-bond acceptors (Lipinski definition) is 5. The van der Waals surface area contributed by atoms with Gasteiger partial charge >= 0.3 is 0 Å². The Balaban J connectivity index is 2.03. The van der Waals surface area contributed by atoms with Crippen LogP contribution in [0.4, 0.5) is 5.82 Å². The zero-order valence-corrected chi connectivity index (χ0v) is 10.8. The molecule has 0 aromatic carbocycles. The molecule has 0 aromatic heterocycles. The van der Waals surface area contributed by atoms with E-state index in [2.05, 4.69) is 41.4 Å². The summed E-state index contributed by atoms with van der Waals surface area (Å²) in [6.45, 7) is 2.01. The molecule has 0 bridgehead atoms. The van der Waals surface area contributed by atoms with E-state index in [1.54, 1.807) is 0 Å². The number of nitrogens with one attached hydrogen (secondary N) is 2. The maximum atomic E-state index is 5.95. The number of H-pyrrole nitrogens is 1. The number of fused-ring (bicyclic) bond motifs is 1. The second-order valence-electron chi connectivity index (χ2n) is 4.26. The summed E-state index contributed by atoms with van der Waals surface area (Å²) in [5.74, 6) is 2.46. The smallest absolute Gasteiger partial charge is 0.167 e. The second-order valence-corrected chi connectivity index (χ2v) is 5.02. The van der Waals surface area contributed by atoms with Crippen LogP contribution >= 0.6 is 15.9 Å². The van der Waals surface area contributed by atoms with Gasteiger partial charge in [-0.15, -0.1) is 10.2 Å². The Bertz CT molecular complexity index is 504. The molecule has 0 saturated carbocycles. The van der Waals surface area contributed by atoms with Crippen molar-refractivity contribution in [2.45, 2.75) is 18.8 Å². The first-order chi connectivity index (χ1) is 8.25. The van der Waals surface area contributed by atoms with Crippen LogP contribution in [0.25, 0.3) is 11.4 Å². The van der Waals surface area contributed by atoms with Gasteiger partial charge in [0.1, 0.15) is 16.2 Å². The average Bonchev–Trinajstić information content (AvgIpc) is 2.73. The maximum Gasteiger partial charge on any atom is 0.167 e. The van der Waals surface area contributed by atoms with Crippen molar-refractivity contribution in [1.82, 2.24) is 25.5 Å². The lowest BCUT2D eigenvalue weighted by atomic mass is 9.98. The highest BCUT2D eigenvalue weighted by molar-refractivity contribution is 9.10. The van der Waals surface area contributed by atoms with Crippen LogP contribution < -0.4 is 11.1 Å². The molecule has 0 radical (unpaired) electrons. The number of aromatic nitrogens is 4. The summed E-state index contributed by atoms with van der Waals surface area (Å²) < 4.78 is 0.641. The molecule has 0 spiro atoms. The van der Waals surface area contributed by atoms with E-state index in [4.69, 9.17) is 5.73 Å². The molecule has 0 amide bonds. The first-order valence-corrected chi connectivity index (χ1v) is 6.43. The van der Waals surface area contributed by atoms with Crippen LogP contribution in [0.15, 0.2) is 4.60 Å². The third-order valence-corrected chi connectivity index (χ3v) is 3.66. The lowest BCUT2D eigenvalue weighted by Crippen LogP contribution is -2.29. The van der Waals surface area contributed by atoms with Crippen molar-refractivity contribution in [3.8, 4) is 11.4 Å². The number of halogens is 1. The quantitative estimate of drug-likeness (QED) is 0.733. The number of rotatable bonds is 1. The van der Waals surface area contributed by atoms with E-state index in [0.29, 0.717) is 22.2 Å². The van der Waals surface area contributed by atoms with Crippen molar-refractivity contribution in [2.75, 3.05) is 18.8 Å². The van der Waals surface area contributed by atoms with Gasteiger partial charge in [0.05, 0.1) is 5.56 Å². The number of aromatic amines is 1. The van der Waals surface area contributed by atoms with Crippen LogP contribution in [0.5, 0.6) is 0 Å². The summed E-state index contributed by atoms with van der Waals surface area (Å²) in [4.78, 5) is 7.65. The third-order valence-electron chi connectivity index (χ3n) is 3.11. The van der Waals surface area contributed by atoms with E-state index < -0.39 is 0 Å². The molecule has 17 heavy (non-hydrogen) atoms. The van der Waals surface area contributed by atoms with Gasteiger partial charge in [0.15, 0.2) is 5.82 Å². The van der Waals surface area contributed by atoms with E-state index in [-0.39, 0.29) is 0 Å². The van der Waals surface area contributed by atoms with E-state index in [9.17, 15) is 0 Å². The van der Waals surface area contributed by atoms with Gasteiger partial charge in [0, 0.05) is 12.5 Å². The highest BCUT2D eigenvalue weighted by Crippen LogP contribution is 2.32. The summed E-state index contributed by atoms with van der Waals surface area (Å²) in [5, 5.41) is 11.3. The summed E-state index contributed by atoms with van der Waals surface area (Å²) in [5.41, 5.74) is 6.71. The van der Waals surface area contributed by atoms with Gasteiger partial charge < -0.3 is 16.0 Å². The van der Waals surface area contributed by atoms with Gasteiger partial charge in [-0.3, -0.25) is 0 Å². The topological polar surface area (TPSA) is 92.5 Å². The summed E-state index contributed by atoms with van der Waals surface area (Å²) in [6.07, 6.45) is 2.28. The van der Waals surface area contributed by atoms with Crippen LogP contribution in [0.1, 0.15) is 24.6 Å². The van der Waals surface area contributed by atoms with Crippen molar-refractivity contribution < 1.29 is 0 Å². The van der Waals surface area contributed by atoms with Crippen molar-refractivity contribution in [3.63, 3.8) is 0 Å². The minimum atomic E-state index is 0.380. The molecule has 4 N–H and O–H groups in total. The standard InChI is InChI=1S/C10H13BrN6/c11-7-6-8(12)14-9(15-10(6)17-16-7)5-2-1-3-13-4-5/h5,13H,1-4H2,(H3,12,14,15,16,17)/t5-/m1/s1. The molecule has 0 aliphatic carbocycles. The van der Waals surface area contributed by atoms with Gasteiger partial charge in [0.25, 0.3) is 0 Å². The fourth-order valence-corrected chi connectivity index (χ4v) is 2.69. The van der Waals surface area contributed by atoms with Gasteiger partial charge in [-0.05, 0) is 35.3 Å². The normalized spacial score (nSPS) is 20.9. The number of nitrogens with two attached hydrogens (primary N) is 1. The Morgan fingerprint density at radius 3 is 3.00 bits per heavy atom. The SMILES string of the molecule is Nc1nc([C@@H]2CCCNC2)[nH]c2nnc(Br)c1-2. The average molecular weight is 297 g/mol. The summed E-state index contributed by atoms with van der Waals surface area (Å²) in [7, 11) is 0. The van der Waals surface area contributed by atoms with E-state index in [1.165, 1.54) is 0 Å². The van der Waals surface area contributed by atoms with Crippen LogP contribution in [-0.4, -0.2) is 33.3 Å². The first kappa shape index (κ1) is 10.9. The van der Waals surface area contributed by atoms with Crippen LogP contribution in [-0.2, 0) is 0 Å². The second kappa shape index (κ2) is 4.23. The van der Waals surface area contributed by atoms with E-state index in [0.717, 1.165) is 37.3 Å². The Morgan fingerprint density at radius 2 is 2.24 bits per heavy atom. The molecule has 0 unspecified atom stereocenters. The fraction of sp³-hybridized carbons (Fsp3) is 0.500. The highest BCUT2D eigenvalue weighted by atomic mass is 79.9. The minimum absolute atomic E-state index is 0.380. The van der Waals surface area contributed by atoms with Gasteiger partial charge in [-0.1, -0.05) is 0 Å². The molecule has 1 saturated heterocycles. The molecule has 3 aliphatic heterocycles. The van der Waals surface area contributed by atoms with Crippen LogP contribution in [0.2, 0.25) is 0 Å². The number of anilines is 1. The Labute approximate surface area is 107 Å². The molecule has 3 rings (SSSR count). The van der Waals surface area contributed by atoms with Crippen molar-refractivity contribution in [3.05, 3.63) is 10.4 Å². The molecule has 1 atom stereocenters. The van der Waals surface area contributed by atoms with Crippen LogP contribution in [0, 0.1) is 0 Å². The first-order valence-electron chi connectivity index (χ1n) is 5.63. The summed E-state index contributed by atoms with van der Waals surface area (Å²) in [6, 6.07) is 0. The van der Waals surface area contributed by atoms with E-state index in [1.807, 2.05) is 0 Å². The zero-order chi connectivity index (χ0) is 11.8. The number of piperidine rings is 1. The van der Waals surface area contributed by atoms with Crippen molar-refractivity contribution in [2.24, 2.45) is 0 Å². The molecule has 90 valence electrons. The monoisotopic (exact) mass is 296 g/mol. The predicted octanol–water partition coefficient (Wildman–Crippen LogP) is 1.12. The van der Waals surface area contributed by atoms with Crippen LogP contribution in [0.3, 0.4) is 0 Å². The van der Waals surface area contributed by atoms with Crippen molar-refractivity contribution in [1.29, 1.82) is 0 Å². The molecule has 3 aliphatic rings. The van der Waals surface area contributed by atoms with Gasteiger partial charge in [0.2, 0.25) is 0 Å². The summed E-state index contributed by atoms with van der Waals surface area (Å²) >= 11 is 3.31. The number of hydrogen-bond donors (Lipinski definition) is 3. The van der Waals surface area contributed by atoms with Gasteiger partial charge in [-0.2, -0.15) is 0 Å². The lowest BCUT2D eigenvalue weighted by Gasteiger charge is -2.22. The molecule has 1 fully saturated rings. The molecule has 6 nitrogen and oxygen atoms in total. The number of nitrogens with zero attached hydrogens (tertiary/aromatic N) is 3. The van der Waals surface area contributed by atoms with E-state index >= 15 is 0 Å². The Kier molecular flexibility index (Phi) is 2.71. The Morgan fingerprint density at radius 1 is 1.35 bits per heavy atom. The lowest BCUT2D eigenvalue weighted by molar-refractivity contribution is 0.447. The fourth-order valence-electron chi connectivity index (χ4n) is 2.22. The molecular weight excluding hydrogens is 284 g/mol. The largest absolute Gasteiger partial charge is 0.383 e. The number of nitrogen functional groups attached to an aromatic ring is 1. The molecule has 0 aromatic rings. The maximum absolute atomic E-state index is 5.95. The van der Waals surface area contributed by atoms with Gasteiger partial charge in [-0.25, -0.2) is 4.98 Å². The third kappa shape index (κ3) is 1.89. The molecular formula is C10H13BrN6. The molecule has 3 heterocycles. The predicted molar refractivity (Wildman–Crippen MR) is 67.8 cm³/mol.